The number of rotatable bonds is 1. The van der Waals surface area contributed by atoms with Crippen molar-refractivity contribution in [3.63, 3.8) is 0 Å². The summed E-state index contributed by atoms with van der Waals surface area (Å²) in [6.45, 7) is -1.77. The second kappa shape index (κ2) is 3.07. The number of quaternary nitrogens is 1. The van der Waals surface area contributed by atoms with Crippen LogP contribution in [0.5, 0.6) is 0 Å². The van der Waals surface area contributed by atoms with Crippen LogP contribution in [0.1, 0.15) is 0 Å². The molecule has 7 heteroatoms. The predicted molar refractivity (Wildman–Crippen MR) is 57.7 cm³/mol. The number of carbonyl (C=O) groups is 2. The van der Waals surface area contributed by atoms with Gasteiger partial charge in [0.15, 0.2) is 0 Å². The van der Waals surface area contributed by atoms with Crippen LogP contribution in [-0.2, 0) is 18.9 Å². The van der Waals surface area contributed by atoms with Crippen molar-refractivity contribution in [2.75, 3.05) is 20.1 Å². The van der Waals surface area contributed by atoms with E-state index in [1.165, 1.54) is 0 Å². The number of hydrogen-bond donors (Lipinski definition) is 0. The average Bonchev–Trinajstić information content (AvgIpc) is 2.64. The lowest BCUT2D eigenvalue weighted by Gasteiger charge is -2.39. The van der Waals surface area contributed by atoms with Crippen LogP contribution < -0.4 is 5.46 Å². The molecule has 2 fully saturated rings. The molecule has 3 rings (SSSR count). The van der Waals surface area contributed by atoms with Gasteiger partial charge in [0.2, 0.25) is 0 Å². The molecule has 2 aliphatic heterocycles. The first-order valence-corrected chi connectivity index (χ1v) is 5.38. The molecule has 0 unspecified atom stereocenters. The molecule has 88 valence electrons. The third kappa shape index (κ3) is 1.23. The second-order valence-electron chi connectivity index (χ2n) is 4.73. The van der Waals surface area contributed by atoms with Gasteiger partial charge in [-0.15, -0.1) is 0 Å². The molecule has 0 aliphatic carbocycles. The number of carbonyl (C=O) groups excluding carboxylic acids is 2. The van der Waals surface area contributed by atoms with Crippen LogP contribution in [0, 0.1) is 0 Å². The maximum absolute atomic E-state index is 11.5. The molecule has 0 radical (unpaired) electrons. The van der Waals surface area contributed by atoms with Crippen molar-refractivity contribution in [2.45, 2.75) is 0 Å². The van der Waals surface area contributed by atoms with Gasteiger partial charge in [0.25, 0.3) is 0 Å². The number of likely N-dealkylation sites (N-methyl/N-ethyl adjacent to an activating group) is 1. The first-order chi connectivity index (χ1) is 8.06. The Labute approximate surface area is 97.7 Å². The van der Waals surface area contributed by atoms with Crippen LogP contribution in [-0.4, -0.2) is 48.1 Å². The Hall–Kier alpha value is -1.89. The Bertz CT molecular complexity index is 484. The van der Waals surface area contributed by atoms with Gasteiger partial charge in [-0.2, -0.15) is 0 Å². The molecule has 0 amide bonds. The van der Waals surface area contributed by atoms with Gasteiger partial charge in [-0.1, -0.05) is 12.1 Å². The van der Waals surface area contributed by atoms with Crippen molar-refractivity contribution in [3.05, 3.63) is 24.5 Å². The first kappa shape index (κ1) is 10.3. The molecule has 17 heavy (non-hydrogen) atoms. The van der Waals surface area contributed by atoms with Crippen molar-refractivity contribution in [1.82, 2.24) is 4.98 Å². The van der Waals surface area contributed by atoms with E-state index in [-0.39, 0.29) is 29.4 Å². The molecular weight excluding hydrogens is 223 g/mol. The van der Waals surface area contributed by atoms with Crippen molar-refractivity contribution in [1.29, 1.82) is 0 Å². The summed E-state index contributed by atoms with van der Waals surface area (Å²) < 4.78 is 10.9. The summed E-state index contributed by atoms with van der Waals surface area (Å²) in [5.41, 5.74) is 0.694. The summed E-state index contributed by atoms with van der Waals surface area (Å²) in [6, 6.07) is 3.43. The largest absolute Gasteiger partial charge is 0.614 e. The SMILES string of the molecule is C[N+]12CC(=O)O[B-]1(c1ccncc1)OC(=O)C2. The standard InChI is InChI=1S/C10H11BN2O4/c1-13-6-9(14)16-11(13,17-10(15)7-13)8-2-4-12-5-3-8/h2-5H,6-7H2,1H3. The summed E-state index contributed by atoms with van der Waals surface area (Å²) in [7, 11) is 1.80. The zero-order valence-electron chi connectivity index (χ0n) is 9.33. The van der Waals surface area contributed by atoms with Crippen molar-refractivity contribution < 1.29 is 23.3 Å². The van der Waals surface area contributed by atoms with Crippen molar-refractivity contribution >= 4 is 24.1 Å². The molecule has 0 atom stereocenters. The highest BCUT2D eigenvalue weighted by molar-refractivity contribution is 6.79. The molecule has 0 spiro atoms. The minimum Gasteiger partial charge on any atom is -0.596 e. The Morgan fingerprint density at radius 2 is 1.71 bits per heavy atom. The molecule has 1 aromatic rings. The number of pyridine rings is 1. The van der Waals surface area contributed by atoms with Gasteiger partial charge in [-0.25, -0.2) is 0 Å². The highest BCUT2D eigenvalue weighted by Gasteiger charge is 2.66. The third-order valence-electron chi connectivity index (χ3n) is 3.51. The fourth-order valence-electron chi connectivity index (χ4n) is 2.70. The van der Waals surface area contributed by atoms with E-state index in [2.05, 4.69) is 4.98 Å². The average molecular weight is 234 g/mol. The van der Waals surface area contributed by atoms with E-state index in [1.807, 2.05) is 0 Å². The van der Waals surface area contributed by atoms with E-state index in [4.69, 9.17) is 9.31 Å². The minimum atomic E-state index is -2.09. The topological polar surface area (TPSA) is 65.5 Å². The Balaban J connectivity index is 2.16. The smallest absolute Gasteiger partial charge is 0.596 e. The van der Waals surface area contributed by atoms with E-state index in [0.717, 1.165) is 0 Å². The summed E-state index contributed by atoms with van der Waals surface area (Å²) in [5, 5.41) is 0. The summed E-state index contributed by atoms with van der Waals surface area (Å²) in [4.78, 5) is 26.9. The van der Waals surface area contributed by atoms with E-state index in [9.17, 15) is 9.59 Å². The molecule has 1 aromatic heterocycles. The predicted octanol–water partition coefficient (Wildman–Crippen LogP) is -1.21. The third-order valence-corrected chi connectivity index (χ3v) is 3.51. The summed E-state index contributed by atoms with van der Waals surface area (Å²) in [6.07, 6.45) is 3.18. The second-order valence-corrected chi connectivity index (χ2v) is 4.73. The van der Waals surface area contributed by atoms with Crippen LogP contribution in [0.15, 0.2) is 24.5 Å². The number of hydrogen-bond acceptors (Lipinski definition) is 5. The quantitative estimate of drug-likeness (QED) is 0.570. The number of fused-ring (bicyclic) bond motifs is 1. The number of aromatic nitrogens is 1. The lowest BCUT2D eigenvalue weighted by atomic mass is 9.61. The monoisotopic (exact) mass is 234 g/mol. The molecule has 6 nitrogen and oxygen atoms in total. The zero-order chi connectivity index (χ0) is 12.1. The summed E-state index contributed by atoms with van der Waals surface area (Å²) >= 11 is 0. The van der Waals surface area contributed by atoms with Crippen molar-refractivity contribution in [3.8, 4) is 0 Å². The van der Waals surface area contributed by atoms with Crippen LogP contribution in [0.4, 0.5) is 0 Å². The Morgan fingerprint density at radius 3 is 2.24 bits per heavy atom. The lowest BCUT2D eigenvalue weighted by Crippen LogP contribution is -2.67. The molecule has 3 heterocycles. The fourth-order valence-corrected chi connectivity index (χ4v) is 2.70. The zero-order valence-corrected chi connectivity index (χ0v) is 9.33. The van der Waals surface area contributed by atoms with Gasteiger partial charge < -0.3 is 13.7 Å². The van der Waals surface area contributed by atoms with Gasteiger partial charge >= 0.3 is 18.6 Å². The normalized spacial score (nSPS) is 35.4. The Morgan fingerprint density at radius 1 is 1.18 bits per heavy atom. The van der Waals surface area contributed by atoms with E-state index < -0.39 is 6.69 Å². The van der Waals surface area contributed by atoms with E-state index >= 15 is 0 Å². The fraction of sp³-hybridized carbons (Fsp3) is 0.300. The maximum atomic E-state index is 11.5. The minimum absolute atomic E-state index is 0.161. The van der Waals surface area contributed by atoms with Gasteiger partial charge in [0.1, 0.15) is 13.1 Å². The van der Waals surface area contributed by atoms with Crippen LogP contribution >= 0.6 is 0 Å². The highest BCUT2D eigenvalue weighted by Crippen LogP contribution is 2.32. The first-order valence-electron chi connectivity index (χ1n) is 5.38. The van der Waals surface area contributed by atoms with E-state index in [0.29, 0.717) is 5.46 Å². The molecular formula is C10H11BN2O4. The van der Waals surface area contributed by atoms with Gasteiger partial charge in [-0.05, 0) is 5.46 Å². The maximum Gasteiger partial charge on any atom is 0.614 e. The van der Waals surface area contributed by atoms with Crippen LogP contribution in [0.3, 0.4) is 0 Å². The van der Waals surface area contributed by atoms with Crippen molar-refractivity contribution in [2.24, 2.45) is 0 Å². The number of nitrogens with zero attached hydrogens (tertiary/aromatic N) is 2. The lowest BCUT2D eigenvalue weighted by molar-refractivity contribution is -0.791. The molecule has 0 N–H and O–H groups in total. The van der Waals surface area contributed by atoms with Gasteiger partial charge in [0, 0.05) is 19.4 Å². The van der Waals surface area contributed by atoms with Crippen LogP contribution in [0.25, 0.3) is 0 Å². The van der Waals surface area contributed by atoms with E-state index in [1.54, 1.807) is 31.6 Å². The Kier molecular flexibility index (Phi) is 1.86. The van der Waals surface area contributed by atoms with Gasteiger partial charge in [-0.3, -0.25) is 14.6 Å². The molecule has 2 aliphatic rings. The highest BCUT2D eigenvalue weighted by atomic mass is 16.7. The van der Waals surface area contributed by atoms with Crippen LogP contribution in [0.2, 0.25) is 0 Å². The molecule has 0 saturated carbocycles. The van der Waals surface area contributed by atoms with Gasteiger partial charge in [0.05, 0.1) is 0 Å². The molecule has 0 aromatic carbocycles. The molecule has 2 saturated heterocycles. The summed E-state index contributed by atoms with van der Waals surface area (Å²) in [5.74, 6) is -0.673. The molecule has 0 bridgehead atoms.